The Morgan fingerprint density at radius 2 is 2.00 bits per heavy atom. The molecular formula is C12H8F3N3. The van der Waals surface area contributed by atoms with E-state index < -0.39 is 11.9 Å². The number of hydrogen-bond donors (Lipinski definition) is 1. The van der Waals surface area contributed by atoms with Crippen molar-refractivity contribution in [3.05, 3.63) is 47.0 Å². The fourth-order valence-electron chi connectivity index (χ4n) is 1.35. The zero-order valence-electron chi connectivity index (χ0n) is 9.34. The van der Waals surface area contributed by atoms with Crippen molar-refractivity contribution in [2.24, 2.45) is 0 Å². The Morgan fingerprint density at radius 1 is 1.22 bits per heavy atom. The standard InChI is InChI=1S/C12H8F3N3/c1-8-10(11(18-17-8)12(13,14)15)6-5-9-4-2-3-7-16-9/h2-4,7H,1H3,(H,17,18). The number of H-pyrrole nitrogens is 1. The van der Waals surface area contributed by atoms with Gasteiger partial charge in [-0.05, 0) is 25.0 Å². The lowest BCUT2D eigenvalue weighted by molar-refractivity contribution is -0.141. The van der Waals surface area contributed by atoms with Gasteiger partial charge in [-0.3, -0.25) is 5.10 Å². The molecule has 0 aliphatic heterocycles. The number of nitrogens with zero attached hydrogens (tertiary/aromatic N) is 2. The number of alkyl halides is 3. The number of rotatable bonds is 0. The fraction of sp³-hybridized carbons (Fsp3) is 0.167. The van der Waals surface area contributed by atoms with Crippen molar-refractivity contribution in [1.82, 2.24) is 15.2 Å². The van der Waals surface area contributed by atoms with Gasteiger partial charge in [-0.1, -0.05) is 12.0 Å². The molecule has 2 heterocycles. The van der Waals surface area contributed by atoms with Gasteiger partial charge in [0, 0.05) is 11.9 Å². The monoisotopic (exact) mass is 251 g/mol. The summed E-state index contributed by atoms with van der Waals surface area (Å²) in [6.07, 6.45) is -2.99. The molecule has 0 fully saturated rings. The zero-order valence-corrected chi connectivity index (χ0v) is 9.34. The highest BCUT2D eigenvalue weighted by Crippen LogP contribution is 2.30. The Balaban J connectivity index is 2.42. The van der Waals surface area contributed by atoms with Crippen LogP contribution in [-0.2, 0) is 6.18 Å². The molecule has 92 valence electrons. The average molecular weight is 251 g/mol. The lowest BCUT2D eigenvalue weighted by Gasteiger charge is -2.01. The molecular weight excluding hydrogens is 243 g/mol. The maximum absolute atomic E-state index is 12.6. The van der Waals surface area contributed by atoms with Crippen molar-refractivity contribution in [1.29, 1.82) is 0 Å². The minimum atomic E-state index is -4.51. The van der Waals surface area contributed by atoms with Crippen molar-refractivity contribution in [3.63, 3.8) is 0 Å². The summed E-state index contributed by atoms with van der Waals surface area (Å²) in [5, 5.41) is 5.51. The van der Waals surface area contributed by atoms with Crippen LogP contribution in [0.5, 0.6) is 0 Å². The minimum absolute atomic E-state index is 0.145. The first-order valence-corrected chi connectivity index (χ1v) is 5.03. The second-order valence-corrected chi connectivity index (χ2v) is 3.53. The van der Waals surface area contributed by atoms with E-state index in [1.165, 1.54) is 13.1 Å². The largest absolute Gasteiger partial charge is 0.436 e. The van der Waals surface area contributed by atoms with Crippen LogP contribution in [0.4, 0.5) is 13.2 Å². The third-order valence-electron chi connectivity index (χ3n) is 2.20. The molecule has 0 aliphatic rings. The molecule has 0 aromatic carbocycles. The zero-order chi connectivity index (χ0) is 13.2. The molecule has 1 N–H and O–H groups in total. The Bertz CT molecular complexity index is 603. The molecule has 2 rings (SSSR count). The molecule has 0 amide bonds. The molecule has 6 heteroatoms. The van der Waals surface area contributed by atoms with E-state index in [1.807, 2.05) is 0 Å². The van der Waals surface area contributed by atoms with E-state index in [-0.39, 0.29) is 11.3 Å². The van der Waals surface area contributed by atoms with Gasteiger partial charge in [-0.15, -0.1) is 0 Å². The van der Waals surface area contributed by atoms with Gasteiger partial charge in [-0.2, -0.15) is 18.3 Å². The van der Waals surface area contributed by atoms with Gasteiger partial charge in [0.2, 0.25) is 0 Å². The lowest BCUT2D eigenvalue weighted by atomic mass is 10.2. The second kappa shape index (κ2) is 4.53. The van der Waals surface area contributed by atoms with E-state index in [9.17, 15) is 13.2 Å². The predicted molar refractivity (Wildman–Crippen MR) is 58.5 cm³/mol. The van der Waals surface area contributed by atoms with Crippen LogP contribution < -0.4 is 0 Å². The van der Waals surface area contributed by atoms with E-state index in [0.29, 0.717) is 5.69 Å². The van der Waals surface area contributed by atoms with Crippen LogP contribution in [0.15, 0.2) is 24.4 Å². The maximum atomic E-state index is 12.6. The maximum Gasteiger partial charge on any atom is 0.436 e. The number of nitrogens with one attached hydrogen (secondary N) is 1. The van der Waals surface area contributed by atoms with Crippen molar-refractivity contribution in [3.8, 4) is 11.8 Å². The van der Waals surface area contributed by atoms with Crippen LogP contribution in [0, 0.1) is 18.8 Å². The molecule has 0 saturated heterocycles. The molecule has 0 unspecified atom stereocenters. The molecule has 3 nitrogen and oxygen atoms in total. The second-order valence-electron chi connectivity index (χ2n) is 3.53. The topological polar surface area (TPSA) is 41.6 Å². The van der Waals surface area contributed by atoms with E-state index >= 15 is 0 Å². The van der Waals surface area contributed by atoms with Gasteiger partial charge in [0.15, 0.2) is 5.69 Å². The van der Waals surface area contributed by atoms with Gasteiger partial charge < -0.3 is 0 Å². The first kappa shape index (κ1) is 12.2. The number of aromatic amines is 1. The first-order valence-electron chi connectivity index (χ1n) is 5.03. The van der Waals surface area contributed by atoms with E-state index in [0.717, 1.165) is 0 Å². The molecule has 0 radical (unpaired) electrons. The Labute approximate surface area is 101 Å². The summed E-state index contributed by atoms with van der Waals surface area (Å²) in [5.74, 6) is 5.04. The Morgan fingerprint density at radius 3 is 2.61 bits per heavy atom. The Hall–Kier alpha value is -2.29. The molecule has 0 aliphatic carbocycles. The van der Waals surface area contributed by atoms with Gasteiger partial charge in [0.25, 0.3) is 0 Å². The van der Waals surface area contributed by atoms with Crippen LogP contribution in [0.2, 0.25) is 0 Å². The molecule has 18 heavy (non-hydrogen) atoms. The third-order valence-corrected chi connectivity index (χ3v) is 2.20. The summed E-state index contributed by atoms with van der Waals surface area (Å²) in [7, 11) is 0. The molecule has 0 saturated carbocycles. The van der Waals surface area contributed by atoms with Gasteiger partial charge in [-0.25, -0.2) is 4.98 Å². The van der Waals surface area contributed by atoms with E-state index in [4.69, 9.17) is 0 Å². The number of aryl methyl sites for hydroxylation is 1. The van der Waals surface area contributed by atoms with Crippen LogP contribution in [0.1, 0.15) is 22.6 Å². The van der Waals surface area contributed by atoms with Crippen molar-refractivity contribution in [2.75, 3.05) is 0 Å². The minimum Gasteiger partial charge on any atom is -0.281 e. The summed E-state index contributed by atoms with van der Waals surface area (Å²) in [5.41, 5.74) is -0.450. The highest BCUT2D eigenvalue weighted by molar-refractivity contribution is 5.45. The van der Waals surface area contributed by atoms with Gasteiger partial charge in [0.05, 0.1) is 5.56 Å². The summed E-state index contributed by atoms with van der Waals surface area (Å²) < 4.78 is 37.9. The molecule has 0 spiro atoms. The lowest BCUT2D eigenvalue weighted by Crippen LogP contribution is -2.07. The van der Waals surface area contributed by atoms with Crippen LogP contribution in [0.3, 0.4) is 0 Å². The number of pyridine rings is 1. The molecule has 0 atom stereocenters. The number of hydrogen-bond acceptors (Lipinski definition) is 2. The SMILES string of the molecule is Cc1[nH]nc(C(F)(F)F)c1C#Cc1ccccn1. The quantitative estimate of drug-likeness (QED) is 0.731. The summed E-state index contributed by atoms with van der Waals surface area (Å²) in [6.45, 7) is 1.49. The molecule has 2 aromatic heterocycles. The highest BCUT2D eigenvalue weighted by atomic mass is 19.4. The van der Waals surface area contributed by atoms with Crippen LogP contribution in [-0.4, -0.2) is 15.2 Å². The number of halogens is 3. The van der Waals surface area contributed by atoms with Crippen molar-refractivity contribution < 1.29 is 13.2 Å². The van der Waals surface area contributed by atoms with Crippen molar-refractivity contribution in [2.45, 2.75) is 13.1 Å². The average Bonchev–Trinajstić information content (AvgIpc) is 2.69. The molecule has 2 aromatic rings. The summed E-state index contributed by atoms with van der Waals surface area (Å²) in [4.78, 5) is 3.91. The summed E-state index contributed by atoms with van der Waals surface area (Å²) in [6, 6.07) is 5.04. The van der Waals surface area contributed by atoms with E-state index in [1.54, 1.807) is 18.2 Å². The highest BCUT2D eigenvalue weighted by Gasteiger charge is 2.37. The summed E-state index contributed by atoms with van der Waals surface area (Å²) >= 11 is 0. The van der Waals surface area contributed by atoms with Crippen molar-refractivity contribution >= 4 is 0 Å². The van der Waals surface area contributed by atoms with Crippen LogP contribution >= 0.6 is 0 Å². The molecule has 0 bridgehead atoms. The van der Waals surface area contributed by atoms with Crippen LogP contribution in [0.25, 0.3) is 0 Å². The van der Waals surface area contributed by atoms with Gasteiger partial charge in [0.1, 0.15) is 5.69 Å². The van der Waals surface area contributed by atoms with Gasteiger partial charge >= 0.3 is 6.18 Å². The smallest absolute Gasteiger partial charge is 0.281 e. The van der Waals surface area contributed by atoms with E-state index in [2.05, 4.69) is 27.0 Å². The fourth-order valence-corrected chi connectivity index (χ4v) is 1.35. The predicted octanol–water partition coefficient (Wildman–Crippen LogP) is 2.53. The third kappa shape index (κ3) is 2.51. The Kier molecular flexibility index (Phi) is 3.06. The first-order chi connectivity index (χ1) is 8.48. The number of aromatic nitrogens is 3. The normalized spacial score (nSPS) is 10.9.